The highest BCUT2D eigenvalue weighted by atomic mass is 32.2. The lowest BCUT2D eigenvalue weighted by molar-refractivity contribution is 0.400. The Morgan fingerprint density at radius 1 is 1.44 bits per heavy atom. The number of sulfonamides is 1. The Balaban J connectivity index is 3.07. The minimum Gasteiger partial charge on any atom is -0.495 e. The van der Waals surface area contributed by atoms with Gasteiger partial charge in [-0.05, 0) is 31.5 Å². The average Bonchev–Trinajstić information content (AvgIpc) is 2.28. The number of rotatable bonds is 6. The number of benzene rings is 1. The summed E-state index contributed by atoms with van der Waals surface area (Å²) in [6.45, 7) is 3.74. The fourth-order valence-electron chi connectivity index (χ4n) is 1.68. The number of halogens is 1. The Kier molecular flexibility index (Phi) is 5.10. The van der Waals surface area contributed by atoms with Crippen LogP contribution in [0.15, 0.2) is 23.1 Å². The van der Waals surface area contributed by atoms with Gasteiger partial charge >= 0.3 is 0 Å². The van der Waals surface area contributed by atoms with Gasteiger partial charge in [-0.2, -0.15) is 0 Å². The molecule has 6 heteroatoms. The van der Waals surface area contributed by atoms with E-state index in [1.54, 1.807) is 6.92 Å². The zero-order valence-electron chi connectivity index (χ0n) is 10.7. The van der Waals surface area contributed by atoms with Crippen LogP contribution in [-0.2, 0) is 10.0 Å². The lowest BCUT2D eigenvalue weighted by atomic mass is 10.2. The van der Waals surface area contributed by atoms with Crippen LogP contribution in [0, 0.1) is 5.82 Å². The predicted molar refractivity (Wildman–Crippen MR) is 67.6 cm³/mol. The molecule has 0 bridgehead atoms. The third-order valence-electron chi connectivity index (χ3n) is 2.49. The second-order valence-electron chi connectivity index (χ2n) is 4.11. The lowest BCUT2D eigenvalue weighted by Gasteiger charge is -2.15. The number of hydrogen-bond donors (Lipinski definition) is 1. The Morgan fingerprint density at radius 3 is 2.67 bits per heavy atom. The first-order valence-corrected chi connectivity index (χ1v) is 7.25. The van der Waals surface area contributed by atoms with Crippen molar-refractivity contribution in [3.8, 4) is 5.75 Å². The molecule has 0 aliphatic heterocycles. The van der Waals surface area contributed by atoms with Crippen molar-refractivity contribution in [2.24, 2.45) is 0 Å². The molecule has 0 unspecified atom stereocenters. The highest BCUT2D eigenvalue weighted by Gasteiger charge is 2.22. The molecule has 0 heterocycles. The molecular formula is C12H18FNO3S. The van der Waals surface area contributed by atoms with Gasteiger partial charge in [-0.1, -0.05) is 13.3 Å². The summed E-state index contributed by atoms with van der Waals surface area (Å²) in [7, 11) is -2.41. The molecule has 1 rings (SSSR count). The normalized spacial score (nSPS) is 13.3. The molecule has 0 spiro atoms. The summed E-state index contributed by atoms with van der Waals surface area (Å²) in [6, 6.07) is 3.22. The van der Waals surface area contributed by atoms with E-state index in [9.17, 15) is 12.8 Å². The van der Waals surface area contributed by atoms with Crippen molar-refractivity contribution >= 4 is 10.0 Å². The van der Waals surface area contributed by atoms with Crippen molar-refractivity contribution in [3.63, 3.8) is 0 Å². The summed E-state index contributed by atoms with van der Waals surface area (Å²) in [5, 5.41) is 0. The second-order valence-corrected chi connectivity index (χ2v) is 5.79. The molecule has 0 saturated carbocycles. The molecule has 102 valence electrons. The fourth-order valence-corrected chi connectivity index (χ4v) is 3.14. The van der Waals surface area contributed by atoms with E-state index in [-0.39, 0.29) is 16.7 Å². The summed E-state index contributed by atoms with van der Waals surface area (Å²) < 4.78 is 44.8. The van der Waals surface area contributed by atoms with E-state index in [0.29, 0.717) is 0 Å². The van der Waals surface area contributed by atoms with Gasteiger partial charge in [0, 0.05) is 6.04 Å². The first-order chi connectivity index (χ1) is 8.40. The van der Waals surface area contributed by atoms with Gasteiger partial charge in [0.15, 0.2) is 0 Å². The molecule has 0 radical (unpaired) electrons. The smallest absolute Gasteiger partial charge is 0.244 e. The molecule has 1 N–H and O–H groups in total. The minimum atomic E-state index is -3.76. The van der Waals surface area contributed by atoms with E-state index in [4.69, 9.17) is 4.74 Å². The maximum atomic E-state index is 13.2. The van der Waals surface area contributed by atoms with E-state index in [2.05, 4.69) is 4.72 Å². The van der Waals surface area contributed by atoms with Crippen LogP contribution in [-0.4, -0.2) is 21.6 Å². The molecule has 0 amide bonds. The summed E-state index contributed by atoms with van der Waals surface area (Å²) in [5.74, 6) is -0.480. The third kappa shape index (κ3) is 3.68. The summed E-state index contributed by atoms with van der Waals surface area (Å²) in [4.78, 5) is -0.173. The van der Waals surface area contributed by atoms with Crippen molar-refractivity contribution in [1.29, 1.82) is 0 Å². The van der Waals surface area contributed by atoms with Gasteiger partial charge in [0.25, 0.3) is 0 Å². The molecule has 0 aliphatic carbocycles. The van der Waals surface area contributed by atoms with E-state index >= 15 is 0 Å². The van der Waals surface area contributed by atoms with Crippen LogP contribution in [0.3, 0.4) is 0 Å². The number of ether oxygens (including phenoxy) is 1. The van der Waals surface area contributed by atoms with Gasteiger partial charge in [-0.25, -0.2) is 17.5 Å². The van der Waals surface area contributed by atoms with Crippen LogP contribution in [0.25, 0.3) is 0 Å². The maximum Gasteiger partial charge on any atom is 0.244 e. The molecule has 4 nitrogen and oxygen atoms in total. The Bertz CT molecular complexity index is 502. The monoisotopic (exact) mass is 275 g/mol. The molecule has 1 aromatic carbocycles. The largest absolute Gasteiger partial charge is 0.495 e. The van der Waals surface area contributed by atoms with E-state index in [0.717, 1.165) is 25.0 Å². The molecule has 18 heavy (non-hydrogen) atoms. The number of nitrogens with one attached hydrogen (secondary N) is 1. The molecule has 0 saturated heterocycles. The first-order valence-electron chi connectivity index (χ1n) is 5.76. The van der Waals surface area contributed by atoms with E-state index in [1.165, 1.54) is 13.2 Å². The molecule has 1 atom stereocenters. The van der Waals surface area contributed by atoms with Gasteiger partial charge in [0.2, 0.25) is 10.0 Å². The second kappa shape index (κ2) is 6.15. The quantitative estimate of drug-likeness (QED) is 0.866. The highest BCUT2D eigenvalue weighted by molar-refractivity contribution is 7.89. The van der Waals surface area contributed by atoms with Crippen LogP contribution in [0.1, 0.15) is 26.7 Å². The van der Waals surface area contributed by atoms with E-state index < -0.39 is 15.8 Å². The zero-order chi connectivity index (χ0) is 13.8. The Morgan fingerprint density at radius 2 is 2.11 bits per heavy atom. The Labute approximate surface area is 107 Å². The molecule has 1 aromatic rings. The summed E-state index contributed by atoms with van der Waals surface area (Å²) in [5.41, 5.74) is 0. The maximum absolute atomic E-state index is 13.2. The van der Waals surface area contributed by atoms with Gasteiger partial charge < -0.3 is 4.74 Å². The van der Waals surface area contributed by atoms with Crippen molar-refractivity contribution in [2.75, 3.05) is 7.11 Å². The highest BCUT2D eigenvalue weighted by Crippen LogP contribution is 2.24. The third-order valence-corrected chi connectivity index (χ3v) is 4.10. The standard InChI is InChI=1S/C12H18FNO3S/c1-4-5-9(2)14-18(15,16)12-8-10(13)6-7-11(12)17-3/h6-9,14H,4-5H2,1-3H3/t9-/m0/s1. The van der Waals surface area contributed by atoms with Gasteiger partial charge in [-0.15, -0.1) is 0 Å². The van der Waals surface area contributed by atoms with Crippen LogP contribution < -0.4 is 9.46 Å². The van der Waals surface area contributed by atoms with Gasteiger partial charge in [0.05, 0.1) is 7.11 Å². The van der Waals surface area contributed by atoms with Gasteiger partial charge in [-0.3, -0.25) is 0 Å². The lowest BCUT2D eigenvalue weighted by Crippen LogP contribution is -2.32. The van der Waals surface area contributed by atoms with Crippen molar-refractivity contribution in [3.05, 3.63) is 24.0 Å². The fraction of sp³-hybridized carbons (Fsp3) is 0.500. The van der Waals surface area contributed by atoms with Crippen LogP contribution >= 0.6 is 0 Å². The van der Waals surface area contributed by atoms with E-state index in [1.807, 2.05) is 6.92 Å². The van der Waals surface area contributed by atoms with Crippen molar-refractivity contribution in [1.82, 2.24) is 4.72 Å². The van der Waals surface area contributed by atoms with Crippen molar-refractivity contribution < 1.29 is 17.5 Å². The summed E-state index contributed by atoms with van der Waals surface area (Å²) in [6.07, 6.45) is 1.58. The molecule has 0 fully saturated rings. The summed E-state index contributed by atoms with van der Waals surface area (Å²) >= 11 is 0. The average molecular weight is 275 g/mol. The Hall–Kier alpha value is -1.14. The number of hydrogen-bond acceptors (Lipinski definition) is 3. The van der Waals surface area contributed by atoms with Crippen LogP contribution in [0.2, 0.25) is 0 Å². The van der Waals surface area contributed by atoms with Gasteiger partial charge in [0.1, 0.15) is 16.5 Å². The predicted octanol–water partition coefficient (Wildman–Crippen LogP) is 2.30. The number of methoxy groups -OCH3 is 1. The van der Waals surface area contributed by atoms with Crippen LogP contribution in [0.4, 0.5) is 4.39 Å². The molecular weight excluding hydrogens is 257 g/mol. The molecule has 0 aliphatic rings. The minimum absolute atomic E-state index is 0.132. The topological polar surface area (TPSA) is 55.4 Å². The van der Waals surface area contributed by atoms with Crippen LogP contribution in [0.5, 0.6) is 5.75 Å². The SMILES string of the molecule is CCC[C@H](C)NS(=O)(=O)c1cc(F)ccc1OC. The first kappa shape index (κ1) is 14.9. The molecule has 0 aromatic heterocycles. The van der Waals surface area contributed by atoms with Crippen molar-refractivity contribution in [2.45, 2.75) is 37.6 Å². The zero-order valence-corrected chi connectivity index (χ0v) is 11.6.